The van der Waals surface area contributed by atoms with Crippen LogP contribution in [0.3, 0.4) is 0 Å². The molecule has 4 aromatic carbocycles. The minimum atomic E-state index is -0.297. The van der Waals surface area contributed by atoms with Gasteiger partial charge in [0.2, 0.25) is 0 Å². The molecule has 0 unspecified atom stereocenters. The van der Waals surface area contributed by atoms with E-state index in [4.69, 9.17) is 14.2 Å². The maximum atomic E-state index is 12.5. The van der Waals surface area contributed by atoms with Crippen LogP contribution in [0, 0.1) is 0 Å². The highest BCUT2D eigenvalue weighted by molar-refractivity contribution is 5.98. The monoisotopic (exact) mass is 398 g/mol. The predicted molar refractivity (Wildman–Crippen MR) is 118 cm³/mol. The summed E-state index contributed by atoms with van der Waals surface area (Å²) < 4.78 is 16.5. The van der Waals surface area contributed by atoms with Crippen LogP contribution in [0.1, 0.15) is 5.56 Å². The zero-order chi connectivity index (χ0) is 20.9. The van der Waals surface area contributed by atoms with Crippen molar-refractivity contribution >= 4 is 16.7 Å². The van der Waals surface area contributed by atoms with Gasteiger partial charge in [0.1, 0.15) is 5.75 Å². The van der Waals surface area contributed by atoms with E-state index in [-0.39, 0.29) is 12.4 Å². The van der Waals surface area contributed by atoms with E-state index >= 15 is 0 Å². The van der Waals surface area contributed by atoms with Gasteiger partial charge >= 0.3 is 5.97 Å². The fraction of sp³-hybridized carbons (Fsp3) is 0.115. The number of rotatable bonds is 6. The molecule has 4 aromatic rings. The third-order valence-electron chi connectivity index (χ3n) is 4.95. The summed E-state index contributed by atoms with van der Waals surface area (Å²) in [6.07, 6.45) is 0.222. The first-order valence-electron chi connectivity index (χ1n) is 9.67. The van der Waals surface area contributed by atoms with Gasteiger partial charge < -0.3 is 14.2 Å². The van der Waals surface area contributed by atoms with Gasteiger partial charge in [-0.15, -0.1) is 0 Å². The number of fused-ring (bicyclic) bond motifs is 1. The zero-order valence-electron chi connectivity index (χ0n) is 16.9. The molecule has 0 bridgehead atoms. The van der Waals surface area contributed by atoms with Gasteiger partial charge in [-0.1, -0.05) is 60.7 Å². The van der Waals surface area contributed by atoms with E-state index in [1.807, 2.05) is 78.9 Å². The van der Waals surface area contributed by atoms with Gasteiger partial charge in [0.05, 0.1) is 20.6 Å². The molecule has 4 rings (SSSR count). The smallest absolute Gasteiger partial charge is 0.315 e. The predicted octanol–water partition coefficient (Wildman–Crippen LogP) is 5.67. The summed E-state index contributed by atoms with van der Waals surface area (Å²) in [4.78, 5) is 12.5. The molecular formula is C26H22O4. The molecule has 0 atom stereocenters. The van der Waals surface area contributed by atoms with Crippen LogP contribution in [-0.2, 0) is 11.2 Å². The fourth-order valence-corrected chi connectivity index (χ4v) is 3.51. The summed E-state index contributed by atoms with van der Waals surface area (Å²) >= 11 is 0. The van der Waals surface area contributed by atoms with Gasteiger partial charge in [-0.2, -0.15) is 0 Å². The second-order valence-corrected chi connectivity index (χ2v) is 6.90. The molecule has 4 heteroatoms. The first kappa shape index (κ1) is 19.5. The van der Waals surface area contributed by atoms with Crippen LogP contribution >= 0.6 is 0 Å². The van der Waals surface area contributed by atoms with Crippen molar-refractivity contribution in [2.75, 3.05) is 14.2 Å². The van der Waals surface area contributed by atoms with Crippen molar-refractivity contribution in [3.63, 3.8) is 0 Å². The first-order chi connectivity index (χ1) is 14.7. The molecule has 0 aliphatic heterocycles. The highest BCUT2D eigenvalue weighted by Crippen LogP contribution is 2.37. The van der Waals surface area contributed by atoms with E-state index in [2.05, 4.69) is 6.07 Å². The third kappa shape index (κ3) is 4.13. The number of carbonyl (C=O) groups is 1. The molecule has 0 aromatic heterocycles. The van der Waals surface area contributed by atoms with E-state index in [9.17, 15) is 4.79 Å². The summed E-state index contributed by atoms with van der Waals surface area (Å²) in [5.74, 6) is 1.52. The first-order valence-corrected chi connectivity index (χ1v) is 9.67. The van der Waals surface area contributed by atoms with Gasteiger partial charge in [0, 0.05) is 0 Å². The SMILES string of the molecule is COc1ccc(-c2cc(OC(=O)Cc3ccccc3)cc3ccccc23)cc1OC. The molecule has 0 fully saturated rings. The molecule has 4 nitrogen and oxygen atoms in total. The molecule has 150 valence electrons. The van der Waals surface area contributed by atoms with E-state index in [0.29, 0.717) is 17.2 Å². The van der Waals surface area contributed by atoms with E-state index in [1.54, 1.807) is 14.2 Å². The Labute approximate surface area is 175 Å². The van der Waals surface area contributed by atoms with Crippen molar-refractivity contribution in [1.82, 2.24) is 0 Å². The Balaban J connectivity index is 1.72. The van der Waals surface area contributed by atoms with Gasteiger partial charge in [-0.05, 0) is 51.7 Å². The molecule has 0 heterocycles. The van der Waals surface area contributed by atoms with E-state index in [0.717, 1.165) is 27.5 Å². The molecule has 0 amide bonds. The van der Waals surface area contributed by atoms with Crippen molar-refractivity contribution in [2.45, 2.75) is 6.42 Å². The average molecular weight is 398 g/mol. The van der Waals surface area contributed by atoms with Crippen LogP contribution in [-0.4, -0.2) is 20.2 Å². The summed E-state index contributed by atoms with van der Waals surface area (Å²) in [6.45, 7) is 0. The van der Waals surface area contributed by atoms with Gasteiger partial charge in [-0.3, -0.25) is 4.79 Å². The average Bonchev–Trinajstić information content (AvgIpc) is 2.78. The lowest BCUT2D eigenvalue weighted by Crippen LogP contribution is -2.11. The number of hydrogen-bond acceptors (Lipinski definition) is 4. The minimum absolute atomic E-state index is 0.222. The minimum Gasteiger partial charge on any atom is -0.493 e. The largest absolute Gasteiger partial charge is 0.493 e. The van der Waals surface area contributed by atoms with Crippen LogP contribution in [0.15, 0.2) is 84.9 Å². The number of ether oxygens (including phenoxy) is 3. The molecule has 0 aliphatic rings. The standard InChI is InChI=1S/C26H22O4/c1-28-24-13-12-20(16-25(24)29-2)23-17-21(15-19-10-6-7-11-22(19)23)30-26(27)14-18-8-4-3-5-9-18/h3-13,15-17H,14H2,1-2H3. The second kappa shape index (κ2) is 8.70. The number of methoxy groups -OCH3 is 2. The van der Waals surface area contributed by atoms with Crippen LogP contribution in [0.25, 0.3) is 21.9 Å². The summed E-state index contributed by atoms with van der Waals surface area (Å²) in [5, 5.41) is 2.06. The molecule has 0 aliphatic carbocycles. The van der Waals surface area contributed by atoms with Crippen LogP contribution < -0.4 is 14.2 Å². The quantitative estimate of drug-likeness (QED) is 0.310. The molecular weight excluding hydrogens is 376 g/mol. The normalized spacial score (nSPS) is 10.6. The molecule has 0 radical (unpaired) electrons. The number of hydrogen-bond donors (Lipinski definition) is 0. The van der Waals surface area contributed by atoms with Crippen molar-refractivity contribution in [3.05, 3.63) is 90.5 Å². The van der Waals surface area contributed by atoms with E-state index < -0.39 is 0 Å². The van der Waals surface area contributed by atoms with Crippen LogP contribution in [0.2, 0.25) is 0 Å². The highest BCUT2D eigenvalue weighted by Gasteiger charge is 2.13. The molecule has 30 heavy (non-hydrogen) atoms. The molecule has 0 saturated carbocycles. The Bertz CT molecular complexity index is 1180. The van der Waals surface area contributed by atoms with Gasteiger partial charge in [0.25, 0.3) is 0 Å². The molecule has 0 spiro atoms. The van der Waals surface area contributed by atoms with Crippen LogP contribution in [0.4, 0.5) is 0 Å². The summed E-state index contributed by atoms with van der Waals surface area (Å²) in [6, 6.07) is 27.2. The Hall–Kier alpha value is -3.79. The van der Waals surface area contributed by atoms with Crippen molar-refractivity contribution in [3.8, 4) is 28.4 Å². The Kier molecular flexibility index (Phi) is 5.66. The van der Waals surface area contributed by atoms with Crippen LogP contribution in [0.5, 0.6) is 17.2 Å². The fourth-order valence-electron chi connectivity index (χ4n) is 3.51. The van der Waals surface area contributed by atoms with Gasteiger partial charge in [-0.25, -0.2) is 0 Å². The highest BCUT2D eigenvalue weighted by atomic mass is 16.5. The molecule has 0 N–H and O–H groups in total. The summed E-state index contributed by atoms with van der Waals surface area (Å²) in [7, 11) is 3.22. The maximum Gasteiger partial charge on any atom is 0.315 e. The third-order valence-corrected chi connectivity index (χ3v) is 4.95. The lowest BCUT2D eigenvalue weighted by atomic mass is 9.97. The van der Waals surface area contributed by atoms with Gasteiger partial charge in [0.15, 0.2) is 11.5 Å². The zero-order valence-corrected chi connectivity index (χ0v) is 16.9. The number of benzene rings is 4. The van der Waals surface area contributed by atoms with Crippen molar-refractivity contribution in [1.29, 1.82) is 0 Å². The Morgan fingerprint density at radius 1 is 0.767 bits per heavy atom. The van der Waals surface area contributed by atoms with Crippen molar-refractivity contribution in [2.24, 2.45) is 0 Å². The second-order valence-electron chi connectivity index (χ2n) is 6.90. The Morgan fingerprint density at radius 3 is 2.27 bits per heavy atom. The number of carbonyl (C=O) groups excluding carboxylic acids is 1. The lowest BCUT2D eigenvalue weighted by Gasteiger charge is -2.13. The maximum absolute atomic E-state index is 12.5. The lowest BCUT2D eigenvalue weighted by molar-refractivity contribution is -0.133. The Morgan fingerprint density at radius 2 is 1.50 bits per heavy atom. The topological polar surface area (TPSA) is 44.8 Å². The number of esters is 1. The molecule has 0 saturated heterocycles. The van der Waals surface area contributed by atoms with Crippen molar-refractivity contribution < 1.29 is 19.0 Å². The summed E-state index contributed by atoms with van der Waals surface area (Å²) in [5.41, 5.74) is 2.82. The van der Waals surface area contributed by atoms with E-state index in [1.165, 1.54) is 0 Å².